The Morgan fingerprint density at radius 3 is 1.32 bits per heavy atom. The lowest BCUT2D eigenvalue weighted by atomic mass is 9.76. The van der Waals surface area contributed by atoms with E-state index in [1.165, 1.54) is 5.56 Å². The molecule has 0 saturated heterocycles. The van der Waals surface area contributed by atoms with Gasteiger partial charge < -0.3 is 0 Å². The van der Waals surface area contributed by atoms with Gasteiger partial charge in [0.05, 0.1) is 5.41 Å². The van der Waals surface area contributed by atoms with Crippen LogP contribution in [0.25, 0.3) is 0 Å². The molecule has 0 N–H and O–H groups in total. The average molecular weight is 367 g/mol. The first-order chi connectivity index (χ1) is 12.1. The van der Waals surface area contributed by atoms with Gasteiger partial charge in [0.2, 0.25) is 0 Å². The van der Waals surface area contributed by atoms with Gasteiger partial charge in [-0.1, -0.05) is 121 Å². The van der Waals surface area contributed by atoms with Crippen LogP contribution in [0, 0.1) is 0 Å². The molecular weight excluding hydrogens is 347 g/mol. The van der Waals surface area contributed by atoms with E-state index < -0.39 is 9.75 Å². The summed E-state index contributed by atoms with van der Waals surface area (Å²) in [4.78, 5) is 0. The Labute approximate surface area is 159 Å². The van der Waals surface area contributed by atoms with Gasteiger partial charge in [-0.15, -0.1) is 0 Å². The van der Waals surface area contributed by atoms with Crippen LogP contribution in [0.4, 0.5) is 0 Å². The SMILES string of the molecule is CCC1(c2ccccc2)C(Cl)(Cl)C1(c1ccccc1)c1ccccc1. The highest BCUT2D eigenvalue weighted by Gasteiger charge is 2.87. The molecule has 126 valence electrons. The molecule has 0 bridgehead atoms. The zero-order chi connectivity index (χ0) is 17.5. The van der Waals surface area contributed by atoms with Gasteiger partial charge >= 0.3 is 0 Å². The summed E-state index contributed by atoms with van der Waals surface area (Å²) in [7, 11) is 0. The number of benzene rings is 3. The van der Waals surface area contributed by atoms with Gasteiger partial charge in [0.25, 0.3) is 0 Å². The molecule has 3 aromatic rings. The second-order valence-corrected chi connectivity index (χ2v) is 8.01. The molecule has 1 atom stereocenters. The summed E-state index contributed by atoms with van der Waals surface area (Å²) in [5.41, 5.74) is 2.68. The maximum Gasteiger partial charge on any atom is 0.143 e. The van der Waals surface area contributed by atoms with Crippen molar-refractivity contribution >= 4 is 23.2 Å². The summed E-state index contributed by atoms with van der Waals surface area (Å²) < 4.78 is -0.918. The Morgan fingerprint density at radius 1 is 0.600 bits per heavy atom. The van der Waals surface area contributed by atoms with Crippen molar-refractivity contribution in [3.63, 3.8) is 0 Å². The van der Waals surface area contributed by atoms with Crippen LogP contribution in [-0.4, -0.2) is 4.33 Å². The van der Waals surface area contributed by atoms with E-state index in [4.69, 9.17) is 23.2 Å². The number of hydrogen-bond donors (Lipinski definition) is 0. The summed E-state index contributed by atoms with van der Waals surface area (Å²) in [6.07, 6.45) is 0.855. The molecule has 0 radical (unpaired) electrons. The quantitative estimate of drug-likeness (QED) is 0.461. The van der Waals surface area contributed by atoms with Crippen LogP contribution in [0.2, 0.25) is 0 Å². The van der Waals surface area contributed by atoms with Crippen molar-refractivity contribution in [1.29, 1.82) is 0 Å². The Bertz CT molecular complexity index is 817. The highest BCUT2D eigenvalue weighted by molar-refractivity contribution is 6.54. The van der Waals surface area contributed by atoms with Gasteiger partial charge in [0.1, 0.15) is 4.33 Å². The first-order valence-electron chi connectivity index (χ1n) is 8.67. The van der Waals surface area contributed by atoms with Crippen LogP contribution in [0.5, 0.6) is 0 Å². The number of hydrogen-bond acceptors (Lipinski definition) is 0. The topological polar surface area (TPSA) is 0 Å². The Kier molecular flexibility index (Phi) is 3.94. The lowest BCUT2D eigenvalue weighted by molar-refractivity contribution is 0.574. The third kappa shape index (κ3) is 1.96. The van der Waals surface area contributed by atoms with Crippen molar-refractivity contribution in [3.05, 3.63) is 108 Å². The van der Waals surface area contributed by atoms with Crippen LogP contribution >= 0.6 is 23.2 Å². The van der Waals surface area contributed by atoms with Crippen molar-refractivity contribution in [3.8, 4) is 0 Å². The predicted octanol–water partition coefficient (Wildman–Crippen LogP) is 6.51. The second kappa shape index (κ2) is 5.90. The van der Waals surface area contributed by atoms with E-state index in [0.29, 0.717) is 0 Å². The summed E-state index contributed by atoms with van der Waals surface area (Å²) in [5.74, 6) is 0. The molecular formula is C23H20Cl2. The molecule has 1 aliphatic rings. The van der Waals surface area contributed by atoms with Gasteiger partial charge in [0.15, 0.2) is 0 Å². The lowest BCUT2D eigenvalue weighted by Gasteiger charge is -2.25. The fourth-order valence-electron chi connectivity index (χ4n) is 4.75. The fourth-order valence-corrected chi connectivity index (χ4v) is 6.19. The molecule has 25 heavy (non-hydrogen) atoms. The monoisotopic (exact) mass is 366 g/mol. The summed E-state index contributed by atoms with van der Waals surface area (Å²) in [5, 5.41) is 0. The van der Waals surface area contributed by atoms with E-state index in [0.717, 1.165) is 17.5 Å². The Hall–Kier alpha value is -1.76. The van der Waals surface area contributed by atoms with Gasteiger partial charge in [-0.3, -0.25) is 0 Å². The van der Waals surface area contributed by atoms with Crippen LogP contribution in [0.15, 0.2) is 91.0 Å². The van der Waals surface area contributed by atoms with E-state index in [2.05, 4.69) is 79.7 Å². The molecule has 4 rings (SSSR count). The third-order valence-corrected chi connectivity index (χ3v) is 7.01. The molecule has 0 amide bonds. The van der Waals surface area contributed by atoms with Crippen molar-refractivity contribution in [2.24, 2.45) is 0 Å². The summed E-state index contributed by atoms with van der Waals surface area (Å²) in [6.45, 7) is 2.18. The van der Waals surface area contributed by atoms with E-state index in [1.54, 1.807) is 0 Å². The molecule has 1 fully saturated rings. The van der Waals surface area contributed by atoms with Crippen LogP contribution < -0.4 is 0 Å². The van der Waals surface area contributed by atoms with Gasteiger partial charge in [0, 0.05) is 5.41 Å². The fraction of sp³-hybridized carbons (Fsp3) is 0.217. The zero-order valence-electron chi connectivity index (χ0n) is 14.1. The summed E-state index contributed by atoms with van der Waals surface area (Å²) in [6, 6.07) is 31.4. The van der Waals surface area contributed by atoms with Crippen molar-refractivity contribution < 1.29 is 0 Å². The maximum absolute atomic E-state index is 7.16. The van der Waals surface area contributed by atoms with Crippen LogP contribution in [-0.2, 0) is 10.8 Å². The number of halogens is 2. The Balaban J connectivity index is 2.06. The average Bonchev–Trinajstić information content (AvgIpc) is 3.15. The molecule has 3 aromatic carbocycles. The Morgan fingerprint density at radius 2 is 0.960 bits per heavy atom. The maximum atomic E-state index is 7.16. The molecule has 1 aliphatic carbocycles. The lowest BCUT2D eigenvalue weighted by Crippen LogP contribution is -2.23. The first kappa shape index (κ1) is 16.7. The highest BCUT2D eigenvalue weighted by Crippen LogP contribution is 2.81. The zero-order valence-corrected chi connectivity index (χ0v) is 15.6. The molecule has 1 unspecified atom stereocenters. The molecule has 2 heteroatoms. The van der Waals surface area contributed by atoms with Gasteiger partial charge in [-0.05, 0) is 23.1 Å². The van der Waals surface area contributed by atoms with Crippen molar-refractivity contribution in [2.45, 2.75) is 28.5 Å². The largest absolute Gasteiger partial charge is 0.143 e. The van der Waals surface area contributed by atoms with E-state index >= 15 is 0 Å². The second-order valence-electron chi connectivity index (χ2n) is 6.68. The molecule has 1 saturated carbocycles. The van der Waals surface area contributed by atoms with Gasteiger partial charge in [-0.25, -0.2) is 0 Å². The third-order valence-electron chi connectivity index (χ3n) is 5.80. The minimum absolute atomic E-state index is 0.368. The normalized spacial score (nSPS) is 23.2. The minimum Gasteiger partial charge on any atom is -0.0992 e. The number of alkyl halides is 2. The van der Waals surface area contributed by atoms with Crippen LogP contribution in [0.3, 0.4) is 0 Å². The van der Waals surface area contributed by atoms with Crippen molar-refractivity contribution in [2.75, 3.05) is 0 Å². The minimum atomic E-state index is -0.918. The van der Waals surface area contributed by atoms with E-state index in [9.17, 15) is 0 Å². The molecule has 0 nitrogen and oxygen atoms in total. The molecule has 0 heterocycles. The number of rotatable bonds is 4. The molecule has 0 aliphatic heterocycles. The predicted molar refractivity (Wildman–Crippen MR) is 107 cm³/mol. The molecule has 0 aromatic heterocycles. The molecule has 0 spiro atoms. The van der Waals surface area contributed by atoms with E-state index in [1.807, 2.05) is 18.2 Å². The van der Waals surface area contributed by atoms with Gasteiger partial charge in [-0.2, -0.15) is 0 Å². The highest BCUT2D eigenvalue weighted by atomic mass is 35.5. The van der Waals surface area contributed by atoms with Crippen LogP contribution in [0.1, 0.15) is 30.0 Å². The smallest absolute Gasteiger partial charge is 0.0992 e. The summed E-state index contributed by atoms with van der Waals surface area (Å²) >= 11 is 14.3. The van der Waals surface area contributed by atoms with E-state index in [-0.39, 0.29) is 5.41 Å². The van der Waals surface area contributed by atoms with Crippen molar-refractivity contribution in [1.82, 2.24) is 0 Å². The first-order valence-corrected chi connectivity index (χ1v) is 9.43. The standard InChI is InChI=1S/C23H20Cl2/c1-2-21(18-12-6-3-7-13-18)22(23(21,24)25,19-14-8-4-9-15-19)20-16-10-5-11-17-20/h3-17H,2H2,1H3.